The summed E-state index contributed by atoms with van der Waals surface area (Å²) in [7, 11) is 0. The highest BCUT2D eigenvalue weighted by Gasteiger charge is 2.28. The van der Waals surface area contributed by atoms with E-state index in [0.29, 0.717) is 19.6 Å². The highest BCUT2D eigenvalue weighted by Crippen LogP contribution is 2.27. The van der Waals surface area contributed by atoms with Crippen LogP contribution in [0.5, 0.6) is 0 Å². The molecule has 1 aromatic rings. The SMILES string of the molecule is CC(C)(C)OC(=O)N1CCC(N/C=C(/C#N)C(=O)N2CCCc3ccccc32)CC1. The molecular weight excluding hydrogens is 380 g/mol. The predicted molar refractivity (Wildman–Crippen MR) is 115 cm³/mol. The summed E-state index contributed by atoms with van der Waals surface area (Å²) in [5, 5.41) is 12.8. The lowest BCUT2D eigenvalue weighted by atomic mass is 10.0. The second-order valence-corrected chi connectivity index (χ2v) is 8.77. The first kappa shape index (κ1) is 21.7. The Balaban J connectivity index is 1.58. The molecule has 0 saturated carbocycles. The van der Waals surface area contributed by atoms with Crippen molar-refractivity contribution in [3.8, 4) is 6.07 Å². The summed E-state index contributed by atoms with van der Waals surface area (Å²) in [4.78, 5) is 28.5. The molecule has 1 fully saturated rings. The van der Waals surface area contributed by atoms with Gasteiger partial charge < -0.3 is 19.9 Å². The number of likely N-dealkylation sites (tertiary alicyclic amines) is 1. The van der Waals surface area contributed by atoms with E-state index in [1.54, 1.807) is 9.80 Å². The number of benzene rings is 1. The molecule has 0 bridgehead atoms. The van der Waals surface area contributed by atoms with Gasteiger partial charge >= 0.3 is 6.09 Å². The van der Waals surface area contributed by atoms with Gasteiger partial charge in [-0.15, -0.1) is 0 Å². The van der Waals surface area contributed by atoms with Crippen LogP contribution in [0.4, 0.5) is 10.5 Å². The van der Waals surface area contributed by atoms with E-state index in [9.17, 15) is 14.9 Å². The van der Waals surface area contributed by atoms with Gasteiger partial charge in [0.05, 0.1) is 0 Å². The van der Waals surface area contributed by atoms with Gasteiger partial charge in [0, 0.05) is 37.6 Å². The van der Waals surface area contributed by atoms with Crippen LogP contribution >= 0.6 is 0 Å². The van der Waals surface area contributed by atoms with Gasteiger partial charge in [-0.05, 0) is 58.1 Å². The molecule has 30 heavy (non-hydrogen) atoms. The highest BCUT2D eigenvalue weighted by molar-refractivity contribution is 6.08. The second kappa shape index (κ2) is 9.21. The molecule has 2 aliphatic rings. The Morgan fingerprint density at radius 3 is 2.57 bits per heavy atom. The van der Waals surface area contributed by atoms with Crippen molar-refractivity contribution in [3.05, 3.63) is 41.6 Å². The van der Waals surface area contributed by atoms with Gasteiger partial charge in [-0.1, -0.05) is 18.2 Å². The van der Waals surface area contributed by atoms with Crippen LogP contribution in [0.15, 0.2) is 36.0 Å². The second-order valence-electron chi connectivity index (χ2n) is 8.77. The van der Waals surface area contributed by atoms with Crippen LogP contribution in [0.25, 0.3) is 0 Å². The normalized spacial score (nSPS) is 17.7. The van der Waals surface area contributed by atoms with Crippen molar-refractivity contribution in [3.63, 3.8) is 0 Å². The lowest BCUT2D eigenvalue weighted by Gasteiger charge is -2.33. The maximum Gasteiger partial charge on any atom is 0.410 e. The molecular formula is C23H30N4O3. The van der Waals surface area contributed by atoms with Gasteiger partial charge in [-0.25, -0.2) is 4.79 Å². The van der Waals surface area contributed by atoms with Crippen molar-refractivity contribution < 1.29 is 14.3 Å². The van der Waals surface area contributed by atoms with Crippen molar-refractivity contribution in [1.29, 1.82) is 5.26 Å². The molecule has 1 N–H and O–H groups in total. The summed E-state index contributed by atoms with van der Waals surface area (Å²) in [5.41, 5.74) is 1.61. The number of rotatable bonds is 3. The van der Waals surface area contributed by atoms with Crippen molar-refractivity contribution in [1.82, 2.24) is 10.2 Å². The van der Waals surface area contributed by atoms with E-state index >= 15 is 0 Å². The minimum atomic E-state index is -0.510. The highest BCUT2D eigenvalue weighted by atomic mass is 16.6. The molecule has 1 saturated heterocycles. The standard InChI is InChI=1S/C23H30N4O3/c1-23(2,3)30-22(29)26-13-10-19(11-14-26)25-16-18(15-24)21(28)27-12-6-8-17-7-4-5-9-20(17)27/h4-5,7,9,16,19,25H,6,8,10-14H2,1-3H3/b18-16-. The molecule has 2 aliphatic heterocycles. The van der Waals surface area contributed by atoms with Gasteiger partial charge in [0.1, 0.15) is 17.2 Å². The maximum absolute atomic E-state index is 13.0. The lowest BCUT2D eigenvalue weighted by Crippen LogP contribution is -2.45. The molecule has 0 spiro atoms. The van der Waals surface area contributed by atoms with E-state index in [4.69, 9.17) is 4.74 Å². The summed E-state index contributed by atoms with van der Waals surface area (Å²) < 4.78 is 5.42. The van der Waals surface area contributed by atoms with Gasteiger partial charge in [-0.3, -0.25) is 4.79 Å². The summed E-state index contributed by atoms with van der Waals surface area (Å²) in [6.07, 6.45) is 4.53. The number of amides is 2. The number of nitrogens with one attached hydrogen (secondary N) is 1. The first-order chi connectivity index (χ1) is 14.3. The van der Waals surface area contributed by atoms with Gasteiger partial charge in [0.15, 0.2) is 0 Å². The van der Waals surface area contributed by atoms with E-state index < -0.39 is 5.60 Å². The van der Waals surface area contributed by atoms with Gasteiger partial charge in [0.25, 0.3) is 5.91 Å². The number of nitrogens with zero attached hydrogens (tertiary/aromatic N) is 3. The maximum atomic E-state index is 13.0. The van der Waals surface area contributed by atoms with Crippen LogP contribution in [0, 0.1) is 11.3 Å². The van der Waals surface area contributed by atoms with Crippen LogP contribution < -0.4 is 10.2 Å². The molecule has 0 atom stereocenters. The first-order valence-electron chi connectivity index (χ1n) is 10.5. The summed E-state index contributed by atoms with van der Waals surface area (Å²) in [6, 6.07) is 10.00. The number of carbonyl (C=O) groups excluding carboxylic acids is 2. The molecule has 0 unspecified atom stereocenters. The third-order valence-electron chi connectivity index (χ3n) is 5.32. The zero-order chi connectivity index (χ0) is 21.7. The third-order valence-corrected chi connectivity index (χ3v) is 5.32. The topological polar surface area (TPSA) is 85.7 Å². The monoisotopic (exact) mass is 410 g/mol. The minimum absolute atomic E-state index is 0.0984. The summed E-state index contributed by atoms with van der Waals surface area (Å²) >= 11 is 0. The number of hydrogen-bond acceptors (Lipinski definition) is 5. The Morgan fingerprint density at radius 2 is 1.90 bits per heavy atom. The van der Waals surface area contributed by atoms with Crippen LogP contribution in [-0.2, 0) is 16.0 Å². The zero-order valence-electron chi connectivity index (χ0n) is 18.0. The van der Waals surface area contributed by atoms with Crippen LogP contribution in [-0.4, -0.2) is 48.2 Å². The van der Waals surface area contributed by atoms with Crippen LogP contribution in [0.2, 0.25) is 0 Å². The van der Waals surface area contributed by atoms with Crippen LogP contribution in [0.1, 0.15) is 45.6 Å². The number of piperidine rings is 1. The third kappa shape index (κ3) is 5.32. The van der Waals surface area contributed by atoms with E-state index in [1.807, 2.05) is 51.1 Å². The average Bonchev–Trinajstić information content (AvgIpc) is 2.72. The molecule has 160 valence electrons. The first-order valence-corrected chi connectivity index (χ1v) is 10.5. The number of fused-ring (bicyclic) bond motifs is 1. The van der Waals surface area contributed by atoms with Crippen molar-refractivity contribution in [2.45, 2.75) is 58.1 Å². The van der Waals surface area contributed by atoms with E-state index in [1.165, 1.54) is 6.20 Å². The number of nitriles is 1. The Hall–Kier alpha value is -3.01. The predicted octanol–water partition coefficient (Wildman–Crippen LogP) is 3.36. The summed E-state index contributed by atoms with van der Waals surface area (Å²) in [6.45, 7) is 7.33. The Morgan fingerprint density at radius 1 is 1.20 bits per heavy atom. The Bertz CT molecular complexity index is 858. The zero-order valence-corrected chi connectivity index (χ0v) is 18.0. The molecule has 7 heteroatoms. The average molecular weight is 411 g/mol. The molecule has 0 aliphatic carbocycles. The molecule has 2 amide bonds. The van der Waals surface area contributed by atoms with E-state index in [-0.39, 0.29) is 23.6 Å². The van der Waals surface area contributed by atoms with Crippen molar-refractivity contribution in [2.24, 2.45) is 0 Å². The number of hydrogen-bond donors (Lipinski definition) is 1. The van der Waals surface area contributed by atoms with Crippen LogP contribution in [0.3, 0.4) is 0 Å². The van der Waals surface area contributed by atoms with E-state index in [2.05, 4.69) is 5.32 Å². The number of ether oxygens (including phenoxy) is 1. The fourth-order valence-electron chi connectivity index (χ4n) is 3.79. The van der Waals surface area contributed by atoms with E-state index in [0.717, 1.165) is 36.9 Å². The molecule has 0 aromatic heterocycles. The van der Waals surface area contributed by atoms with Crippen molar-refractivity contribution in [2.75, 3.05) is 24.5 Å². The number of carbonyl (C=O) groups is 2. The fraction of sp³-hybridized carbons (Fsp3) is 0.522. The minimum Gasteiger partial charge on any atom is -0.444 e. The van der Waals surface area contributed by atoms with Crippen molar-refractivity contribution >= 4 is 17.7 Å². The Labute approximate surface area is 178 Å². The summed E-state index contributed by atoms with van der Waals surface area (Å²) in [5.74, 6) is -0.275. The number of anilines is 1. The molecule has 1 aromatic carbocycles. The quantitative estimate of drug-likeness (QED) is 0.610. The largest absolute Gasteiger partial charge is 0.444 e. The fourth-order valence-corrected chi connectivity index (χ4v) is 3.79. The number of aryl methyl sites for hydroxylation is 1. The smallest absolute Gasteiger partial charge is 0.410 e. The lowest BCUT2D eigenvalue weighted by molar-refractivity contribution is -0.114. The molecule has 0 radical (unpaired) electrons. The number of para-hydroxylation sites is 1. The Kier molecular flexibility index (Phi) is 6.66. The molecule has 7 nitrogen and oxygen atoms in total. The molecule has 2 heterocycles. The van der Waals surface area contributed by atoms with Gasteiger partial charge in [-0.2, -0.15) is 5.26 Å². The molecule has 3 rings (SSSR count). The van der Waals surface area contributed by atoms with Gasteiger partial charge in [0.2, 0.25) is 0 Å².